The average Bonchev–Trinajstić information content (AvgIpc) is 2.62. The smallest absolute Gasteiger partial charge is 0.262 e. The summed E-state index contributed by atoms with van der Waals surface area (Å²) in [5.74, 6) is -0.962. The van der Waals surface area contributed by atoms with Crippen molar-refractivity contribution < 1.29 is 14.7 Å². The molecule has 0 heterocycles. The number of nitrogens with zero attached hydrogens (tertiary/aromatic N) is 1. The zero-order chi connectivity index (χ0) is 20.0. The van der Waals surface area contributed by atoms with E-state index in [0.29, 0.717) is 16.1 Å². The van der Waals surface area contributed by atoms with Crippen LogP contribution in [0.2, 0.25) is 5.02 Å². The van der Waals surface area contributed by atoms with E-state index in [1.807, 2.05) is 13.8 Å². The summed E-state index contributed by atoms with van der Waals surface area (Å²) in [6, 6.07) is 10.5. The second-order valence-electron chi connectivity index (χ2n) is 6.14. The number of benzene rings is 2. The van der Waals surface area contributed by atoms with Gasteiger partial charge in [0, 0.05) is 20.6 Å². The molecule has 1 unspecified atom stereocenters. The minimum atomic E-state index is -0.776. The third-order valence-electron chi connectivity index (χ3n) is 3.71. The Morgan fingerprint density at radius 3 is 2.48 bits per heavy atom. The molecule has 1 atom stereocenters. The predicted molar refractivity (Wildman–Crippen MR) is 109 cm³/mol. The van der Waals surface area contributed by atoms with Crippen LogP contribution >= 0.6 is 27.5 Å². The van der Waals surface area contributed by atoms with Gasteiger partial charge in [0.15, 0.2) is 0 Å². The summed E-state index contributed by atoms with van der Waals surface area (Å²) >= 11 is 9.12. The topological polar surface area (TPSA) is 90.8 Å². The van der Waals surface area contributed by atoms with Crippen LogP contribution in [0.15, 0.2) is 52.0 Å². The van der Waals surface area contributed by atoms with E-state index in [9.17, 15) is 14.7 Å². The van der Waals surface area contributed by atoms with E-state index in [1.165, 1.54) is 12.3 Å². The van der Waals surface area contributed by atoms with E-state index in [4.69, 9.17) is 11.6 Å². The number of nitrogens with one attached hydrogen (secondary N) is 2. The first-order chi connectivity index (χ1) is 12.8. The van der Waals surface area contributed by atoms with E-state index in [2.05, 4.69) is 31.8 Å². The number of carbonyl (C=O) groups is 2. The number of aromatic hydroxyl groups is 1. The largest absolute Gasteiger partial charge is 0.507 e. The van der Waals surface area contributed by atoms with Crippen LogP contribution in [0.5, 0.6) is 5.75 Å². The zero-order valence-electron chi connectivity index (χ0n) is 14.7. The van der Waals surface area contributed by atoms with Gasteiger partial charge in [0.2, 0.25) is 0 Å². The number of hydrogen-bond acceptors (Lipinski definition) is 4. The third kappa shape index (κ3) is 6.08. The maximum absolute atomic E-state index is 12.4. The third-order valence-corrected chi connectivity index (χ3v) is 4.46. The van der Waals surface area contributed by atoms with Gasteiger partial charge in [-0.15, -0.1) is 0 Å². The molecule has 0 aromatic heterocycles. The fourth-order valence-electron chi connectivity index (χ4n) is 2.22. The molecular formula is C19H19BrClN3O3. The van der Waals surface area contributed by atoms with Gasteiger partial charge < -0.3 is 10.4 Å². The van der Waals surface area contributed by atoms with Crippen molar-refractivity contribution in [3.05, 3.63) is 63.1 Å². The molecule has 2 amide bonds. The van der Waals surface area contributed by atoms with E-state index in [-0.39, 0.29) is 17.6 Å². The molecular weight excluding hydrogens is 434 g/mol. The van der Waals surface area contributed by atoms with Gasteiger partial charge in [0.05, 0.1) is 6.21 Å². The van der Waals surface area contributed by atoms with Crippen molar-refractivity contribution in [1.82, 2.24) is 10.7 Å². The molecule has 0 aliphatic heterocycles. The SMILES string of the molecule is CC(C)C(NC(=O)c1ccc(Cl)cc1)C(=O)NN=Cc1cc(Br)ccc1O. The lowest BCUT2D eigenvalue weighted by molar-refractivity contribution is -0.123. The van der Waals surface area contributed by atoms with E-state index in [0.717, 1.165) is 4.47 Å². The normalized spacial score (nSPS) is 12.2. The van der Waals surface area contributed by atoms with Crippen LogP contribution in [-0.4, -0.2) is 29.2 Å². The number of halogens is 2. The van der Waals surface area contributed by atoms with Crippen LogP contribution in [0.1, 0.15) is 29.8 Å². The predicted octanol–water partition coefficient (Wildman–Crippen LogP) is 3.71. The lowest BCUT2D eigenvalue weighted by atomic mass is 10.0. The molecule has 0 radical (unpaired) electrons. The molecule has 0 saturated heterocycles. The van der Waals surface area contributed by atoms with Gasteiger partial charge >= 0.3 is 0 Å². The molecule has 0 spiro atoms. The average molecular weight is 453 g/mol. The number of phenols is 1. The molecule has 2 aromatic rings. The summed E-state index contributed by atoms with van der Waals surface area (Å²) in [6.45, 7) is 3.63. The summed E-state index contributed by atoms with van der Waals surface area (Å²) in [5, 5.41) is 16.9. The highest BCUT2D eigenvalue weighted by Crippen LogP contribution is 2.20. The number of hydrazone groups is 1. The van der Waals surface area contributed by atoms with E-state index in [1.54, 1.807) is 36.4 Å². The van der Waals surface area contributed by atoms with Gasteiger partial charge in [-0.1, -0.05) is 41.4 Å². The second kappa shape index (κ2) is 9.53. The maximum atomic E-state index is 12.4. The number of hydrogen-bond donors (Lipinski definition) is 3. The fourth-order valence-corrected chi connectivity index (χ4v) is 2.73. The molecule has 6 nitrogen and oxygen atoms in total. The molecule has 0 aliphatic rings. The van der Waals surface area contributed by atoms with Gasteiger partial charge in [0.25, 0.3) is 11.8 Å². The minimum absolute atomic E-state index is 0.0349. The highest BCUT2D eigenvalue weighted by atomic mass is 79.9. The lowest BCUT2D eigenvalue weighted by Gasteiger charge is -2.20. The molecule has 2 aromatic carbocycles. The van der Waals surface area contributed by atoms with E-state index >= 15 is 0 Å². The van der Waals surface area contributed by atoms with Gasteiger partial charge in [-0.25, -0.2) is 5.43 Å². The Morgan fingerprint density at radius 2 is 1.85 bits per heavy atom. The zero-order valence-corrected chi connectivity index (χ0v) is 17.1. The molecule has 3 N–H and O–H groups in total. The van der Waals surface area contributed by atoms with Gasteiger partial charge in [0.1, 0.15) is 11.8 Å². The highest BCUT2D eigenvalue weighted by molar-refractivity contribution is 9.10. The van der Waals surface area contributed by atoms with Crippen LogP contribution < -0.4 is 10.7 Å². The van der Waals surface area contributed by atoms with Crippen molar-refractivity contribution in [2.45, 2.75) is 19.9 Å². The standard InChI is InChI=1S/C19H19BrClN3O3/c1-11(2)17(23-18(26)12-3-6-15(21)7-4-12)19(27)24-22-10-13-9-14(20)5-8-16(13)25/h3-11,17,25H,1-2H3,(H,23,26)(H,24,27). The Morgan fingerprint density at radius 1 is 1.19 bits per heavy atom. The maximum Gasteiger partial charge on any atom is 0.262 e. The molecule has 0 aliphatic carbocycles. The Hall–Kier alpha value is -2.38. The van der Waals surface area contributed by atoms with Gasteiger partial charge in [-0.2, -0.15) is 5.10 Å². The van der Waals surface area contributed by atoms with Crippen LogP contribution in [0.4, 0.5) is 0 Å². The minimum Gasteiger partial charge on any atom is -0.507 e. The Kier molecular flexibility index (Phi) is 7.38. The first kappa shape index (κ1) is 20.9. The molecule has 27 heavy (non-hydrogen) atoms. The summed E-state index contributed by atoms with van der Waals surface area (Å²) < 4.78 is 0.767. The fraction of sp³-hybridized carbons (Fsp3) is 0.211. The summed E-state index contributed by atoms with van der Waals surface area (Å²) in [7, 11) is 0. The van der Waals surface area contributed by atoms with Crippen molar-refractivity contribution in [1.29, 1.82) is 0 Å². The first-order valence-electron chi connectivity index (χ1n) is 8.16. The lowest BCUT2D eigenvalue weighted by Crippen LogP contribution is -2.48. The Bertz CT molecular complexity index is 854. The number of carbonyl (C=O) groups excluding carboxylic acids is 2. The van der Waals surface area contributed by atoms with Crippen molar-refractivity contribution >= 4 is 45.6 Å². The number of phenolic OH excluding ortho intramolecular Hbond substituents is 1. The number of rotatable bonds is 6. The number of amides is 2. The van der Waals surface area contributed by atoms with Gasteiger partial charge in [-0.3, -0.25) is 9.59 Å². The van der Waals surface area contributed by atoms with Crippen molar-refractivity contribution in [2.24, 2.45) is 11.0 Å². The Balaban J connectivity index is 2.04. The van der Waals surface area contributed by atoms with Crippen molar-refractivity contribution in [3.63, 3.8) is 0 Å². The van der Waals surface area contributed by atoms with Gasteiger partial charge in [-0.05, 0) is 48.4 Å². The monoisotopic (exact) mass is 451 g/mol. The van der Waals surface area contributed by atoms with Crippen molar-refractivity contribution in [2.75, 3.05) is 0 Å². The van der Waals surface area contributed by atoms with Crippen LogP contribution in [0.25, 0.3) is 0 Å². The molecule has 8 heteroatoms. The quantitative estimate of drug-likeness (QED) is 0.461. The van der Waals surface area contributed by atoms with Crippen LogP contribution in [0.3, 0.4) is 0 Å². The molecule has 0 fully saturated rings. The summed E-state index contributed by atoms with van der Waals surface area (Å²) in [5.41, 5.74) is 3.24. The summed E-state index contributed by atoms with van der Waals surface area (Å²) in [6.07, 6.45) is 1.33. The van der Waals surface area contributed by atoms with Crippen molar-refractivity contribution in [3.8, 4) is 5.75 Å². The molecule has 142 valence electrons. The van der Waals surface area contributed by atoms with E-state index < -0.39 is 11.9 Å². The first-order valence-corrected chi connectivity index (χ1v) is 9.33. The van der Waals surface area contributed by atoms with Crippen LogP contribution in [-0.2, 0) is 4.79 Å². The summed E-state index contributed by atoms with van der Waals surface area (Å²) in [4.78, 5) is 24.8. The molecule has 2 rings (SSSR count). The molecule has 0 bridgehead atoms. The molecule has 0 saturated carbocycles. The highest BCUT2D eigenvalue weighted by Gasteiger charge is 2.24. The Labute approximate surface area is 170 Å². The second-order valence-corrected chi connectivity index (χ2v) is 7.49. The van der Waals surface area contributed by atoms with Crippen LogP contribution in [0, 0.1) is 5.92 Å².